The Bertz CT molecular complexity index is 1010. The van der Waals surface area contributed by atoms with E-state index in [1.807, 2.05) is 18.2 Å². The lowest BCUT2D eigenvalue weighted by molar-refractivity contribution is 0.144. The number of pyridine rings is 1. The van der Waals surface area contributed by atoms with Gasteiger partial charge in [-0.3, -0.25) is 4.21 Å². The van der Waals surface area contributed by atoms with E-state index in [0.29, 0.717) is 5.75 Å². The van der Waals surface area contributed by atoms with Gasteiger partial charge in [0.05, 0.1) is 39.2 Å². The largest absolute Gasteiger partial charge is 0.394 e. The first-order valence-electron chi connectivity index (χ1n) is 10.6. The van der Waals surface area contributed by atoms with Gasteiger partial charge in [-0.05, 0) is 49.0 Å². The highest BCUT2D eigenvalue weighted by Gasteiger charge is 2.38. The molecule has 30 heavy (non-hydrogen) atoms. The molecule has 1 aromatic heterocycles. The van der Waals surface area contributed by atoms with E-state index < -0.39 is 10.8 Å². The lowest BCUT2D eigenvalue weighted by atomic mass is 9.77. The summed E-state index contributed by atoms with van der Waals surface area (Å²) in [6.07, 6.45) is 6.94. The molecule has 0 spiro atoms. The molecule has 7 heteroatoms. The van der Waals surface area contributed by atoms with Gasteiger partial charge in [0.2, 0.25) is 0 Å². The third kappa shape index (κ3) is 3.66. The molecule has 0 saturated heterocycles. The standard InChI is InChI=1S/C23H26ClN3O2S/c24-18-4-2-16(3-5-18)17-6-11-27(12-7-17)21-14-20(26-23(15-28)9-1-10-23)22-19(25-21)8-13-30(22)29/h2-6,14,28H,1,7-13,15H2,(H,25,26)/t30-/m0/s1. The van der Waals surface area contributed by atoms with Crippen molar-refractivity contribution < 1.29 is 9.32 Å². The topological polar surface area (TPSA) is 65.5 Å². The molecule has 1 fully saturated rings. The van der Waals surface area contributed by atoms with Crippen LogP contribution in [0, 0.1) is 0 Å². The maximum atomic E-state index is 12.6. The van der Waals surface area contributed by atoms with Crippen LogP contribution in [-0.4, -0.2) is 45.3 Å². The van der Waals surface area contributed by atoms with Crippen LogP contribution < -0.4 is 10.2 Å². The van der Waals surface area contributed by atoms with Crippen molar-refractivity contribution >= 4 is 39.5 Å². The summed E-state index contributed by atoms with van der Waals surface area (Å²) in [5, 5.41) is 14.2. The Labute approximate surface area is 184 Å². The fourth-order valence-electron chi connectivity index (χ4n) is 4.56. The molecular weight excluding hydrogens is 418 g/mol. The molecule has 2 N–H and O–H groups in total. The second-order valence-electron chi connectivity index (χ2n) is 8.45. The molecular formula is C23H26ClN3O2S. The second kappa shape index (κ2) is 7.98. The number of nitrogens with one attached hydrogen (secondary N) is 1. The van der Waals surface area contributed by atoms with E-state index in [1.54, 1.807) is 0 Å². The molecule has 0 unspecified atom stereocenters. The van der Waals surface area contributed by atoms with Crippen LogP contribution in [0.5, 0.6) is 0 Å². The van der Waals surface area contributed by atoms with Gasteiger partial charge in [-0.15, -0.1) is 0 Å². The van der Waals surface area contributed by atoms with Crippen molar-refractivity contribution in [2.75, 3.05) is 35.7 Å². The van der Waals surface area contributed by atoms with Crippen molar-refractivity contribution in [3.8, 4) is 0 Å². The van der Waals surface area contributed by atoms with Crippen molar-refractivity contribution in [1.82, 2.24) is 4.98 Å². The van der Waals surface area contributed by atoms with Gasteiger partial charge in [-0.2, -0.15) is 0 Å². The number of nitrogens with zero attached hydrogens (tertiary/aromatic N) is 2. The minimum absolute atomic E-state index is 0.100. The van der Waals surface area contributed by atoms with Crippen LogP contribution in [0.4, 0.5) is 11.5 Å². The monoisotopic (exact) mass is 443 g/mol. The van der Waals surface area contributed by atoms with Gasteiger partial charge in [-0.1, -0.05) is 29.8 Å². The highest BCUT2D eigenvalue weighted by atomic mass is 35.5. The van der Waals surface area contributed by atoms with E-state index in [2.05, 4.69) is 28.4 Å². The molecule has 5 nitrogen and oxygen atoms in total. The Kier molecular flexibility index (Phi) is 5.33. The zero-order valence-corrected chi connectivity index (χ0v) is 18.4. The molecule has 1 aliphatic carbocycles. The Hall–Kier alpha value is -1.89. The summed E-state index contributed by atoms with van der Waals surface area (Å²) in [4.78, 5) is 8.00. The molecule has 0 radical (unpaired) electrons. The highest BCUT2D eigenvalue weighted by Crippen LogP contribution is 2.40. The number of hydrogen-bond donors (Lipinski definition) is 2. The lowest BCUT2D eigenvalue weighted by Gasteiger charge is -2.42. The van der Waals surface area contributed by atoms with Crippen LogP contribution in [0.3, 0.4) is 0 Å². The number of rotatable bonds is 5. The van der Waals surface area contributed by atoms with Gasteiger partial charge in [0, 0.05) is 36.4 Å². The average Bonchev–Trinajstić information content (AvgIpc) is 3.12. The Morgan fingerprint density at radius 3 is 2.67 bits per heavy atom. The first-order chi connectivity index (χ1) is 14.6. The highest BCUT2D eigenvalue weighted by molar-refractivity contribution is 7.85. The molecule has 2 aromatic rings. The van der Waals surface area contributed by atoms with E-state index in [0.717, 1.165) is 72.3 Å². The third-order valence-corrected chi connectivity index (χ3v) is 8.28. The van der Waals surface area contributed by atoms with Crippen molar-refractivity contribution in [3.63, 3.8) is 0 Å². The number of benzene rings is 1. The quantitative estimate of drug-likeness (QED) is 0.730. The first kappa shape index (κ1) is 20.0. The molecule has 3 aliphatic rings. The lowest BCUT2D eigenvalue weighted by Crippen LogP contribution is -2.48. The first-order valence-corrected chi connectivity index (χ1v) is 12.3. The second-order valence-corrected chi connectivity index (χ2v) is 10.4. The average molecular weight is 444 g/mol. The zero-order valence-electron chi connectivity index (χ0n) is 16.9. The van der Waals surface area contributed by atoms with Gasteiger partial charge in [0.15, 0.2) is 0 Å². The van der Waals surface area contributed by atoms with Crippen LogP contribution in [0.15, 0.2) is 41.3 Å². The summed E-state index contributed by atoms with van der Waals surface area (Å²) in [5.74, 6) is 1.56. The normalized spacial score (nSPS) is 22.3. The predicted octanol–water partition coefficient (Wildman–Crippen LogP) is 4.02. The van der Waals surface area contributed by atoms with Gasteiger partial charge in [0.1, 0.15) is 5.82 Å². The third-order valence-electron chi connectivity index (χ3n) is 6.54. The van der Waals surface area contributed by atoms with Crippen LogP contribution >= 0.6 is 11.6 Å². The SMILES string of the molecule is O=[S@]1CCc2nc(N3CC=C(c4ccc(Cl)cc4)CC3)cc(NC3(CO)CCC3)c21. The number of fused-ring (bicyclic) bond motifs is 1. The van der Waals surface area contributed by atoms with Gasteiger partial charge < -0.3 is 15.3 Å². The number of aryl methyl sites for hydroxylation is 1. The van der Waals surface area contributed by atoms with Crippen molar-refractivity contribution in [2.45, 2.75) is 42.5 Å². The maximum Gasteiger partial charge on any atom is 0.131 e. The number of halogens is 1. The molecule has 3 heterocycles. The molecule has 1 aromatic carbocycles. The fourth-order valence-corrected chi connectivity index (χ4v) is 6.03. The summed E-state index contributed by atoms with van der Waals surface area (Å²) >= 11 is 6.02. The number of hydrogen-bond acceptors (Lipinski definition) is 5. The summed E-state index contributed by atoms with van der Waals surface area (Å²) in [6.45, 7) is 1.77. The van der Waals surface area contributed by atoms with E-state index in [1.165, 1.54) is 11.1 Å². The number of aliphatic hydroxyl groups excluding tert-OH is 1. The van der Waals surface area contributed by atoms with Crippen LogP contribution in [0.2, 0.25) is 5.02 Å². The molecule has 158 valence electrons. The zero-order chi connectivity index (χ0) is 20.7. The van der Waals surface area contributed by atoms with Crippen molar-refractivity contribution in [1.29, 1.82) is 0 Å². The van der Waals surface area contributed by atoms with E-state index in [9.17, 15) is 9.32 Å². The van der Waals surface area contributed by atoms with Crippen LogP contribution in [0.25, 0.3) is 5.57 Å². The Balaban J connectivity index is 1.42. The maximum absolute atomic E-state index is 12.6. The van der Waals surface area contributed by atoms with Gasteiger partial charge >= 0.3 is 0 Å². The van der Waals surface area contributed by atoms with E-state index in [4.69, 9.17) is 16.6 Å². The van der Waals surface area contributed by atoms with E-state index >= 15 is 0 Å². The number of anilines is 2. The van der Waals surface area contributed by atoms with E-state index in [-0.39, 0.29) is 12.1 Å². The summed E-state index contributed by atoms with van der Waals surface area (Å²) < 4.78 is 12.6. The molecule has 0 amide bonds. The fraction of sp³-hybridized carbons (Fsp3) is 0.435. The Morgan fingerprint density at radius 1 is 1.23 bits per heavy atom. The summed E-state index contributed by atoms with van der Waals surface area (Å²) in [5.41, 5.74) is 4.11. The van der Waals surface area contributed by atoms with Gasteiger partial charge in [0.25, 0.3) is 0 Å². The number of aliphatic hydroxyl groups is 1. The summed E-state index contributed by atoms with van der Waals surface area (Å²) in [6, 6.07) is 10.0. The smallest absolute Gasteiger partial charge is 0.131 e. The molecule has 0 bridgehead atoms. The minimum Gasteiger partial charge on any atom is -0.394 e. The predicted molar refractivity (Wildman–Crippen MR) is 123 cm³/mol. The van der Waals surface area contributed by atoms with Gasteiger partial charge in [-0.25, -0.2) is 4.98 Å². The molecule has 5 rings (SSSR count). The summed E-state index contributed by atoms with van der Waals surface area (Å²) in [7, 11) is -1.02. The molecule has 1 saturated carbocycles. The van der Waals surface area contributed by atoms with Crippen LogP contribution in [0.1, 0.15) is 36.9 Å². The Morgan fingerprint density at radius 2 is 2.03 bits per heavy atom. The van der Waals surface area contributed by atoms with Crippen LogP contribution in [-0.2, 0) is 17.2 Å². The number of aromatic nitrogens is 1. The van der Waals surface area contributed by atoms with Crippen molar-refractivity contribution in [3.05, 3.63) is 52.7 Å². The minimum atomic E-state index is -1.02. The molecule has 2 aliphatic heterocycles. The van der Waals surface area contributed by atoms with Crippen molar-refractivity contribution in [2.24, 2.45) is 0 Å². The molecule has 1 atom stereocenters.